The number of amides is 1. The van der Waals surface area contributed by atoms with Crippen molar-refractivity contribution in [2.75, 3.05) is 19.8 Å². The fourth-order valence-electron chi connectivity index (χ4n) is 3.53. The molecule has 4 rings (SSSR count). The molecule has 3 N–H and O–H groups in total. The molecule has 0 fully saturated rings. The molecule has 9 heteroatoms. The maximum absolute atomic E-state index is 12.7. The Labute approximate surface area is 185 Å². The van der Waals surface area contributed by atoms with Crippen molar-refractivity contribution in [2.24, 2.45) is 12.1 Å². The molecule has 0 saturated carbocycles. The van der Waals surface area contributed by atoms with Crippen molar-refractivity contribution in [2.45, 2.75) is 19.8 Å². The third-order valence-corrected chi connectivity index (χ3v) is 5.18. The second-order valence-corrected chi connectivity index (χ2v) is 7.47. The molecule has 0 spiro atoms. The van der Waals surface area contributed by atoms with E-state index in [1.807, 2.05) is 19.1 Å². The molecule has 9 nitrogen and oxygen atoms in total. The summed E-state index contributed by atoms with van der Waals surface area (Å²) in [6.07, 6.45) is 3.30. The standard InChI is InChI=1S/C23H26N6O3/c1-3-32-20-12-18(16-7-9-22(30)29(2)13-16)27-19-11-15(6-8-17(19)20)23(31)24-10-4-5-21-25-14-26-28-21/h6-9,11-13,26H,3-5,10,14H2,1-2H3,(H,24,31)(H,25,28). The molecule has 0 unspecified atom stereocenters. The first-order valence-electron chi connectivity index (χ1n) is 10.6. The van der Waals surface area contributed by atoms with Gasteiger partial charge in [-0.25, -0.2) is 4.98 Å². The smallest absolute Gasteiger partial charge is 0.251 e. The monoisotopic (exact) mass is 434 g/mol. The average Bonchev–Trinajstić information content (AvgIpc) is 3.31. The van der Waals surface area contributed by atoms with E-state index < -0.39 is 0 Å². The zero-order valence-electron chi connectivity index (χ0n) is 18.1. The minimum atomic E-state index is -0.154. The number of carbonyl (C=O) groups is 1. The van der Waals surface area contributed by atoms with E-state index in [1.54, 1.807) is 31.4 Å². The number of hydrazone groups is 1. The number of aryl methyl sites for hydroxylation is 1. The number of aromatic nitrogens is 2. The lowest BCUT2D eigenvalue weighted by Crippen LogP contribution is -2.26. The zero-order chi connectivity index (χ0) is 22.5. The lowest BCUT2D eigenvalue weighted by atomic mass is 10.1. The number of pyridine rings is 2. The molecule has 0 saturated heterocycles. The van der Waals surface area contributed by atoms with Crippen LogP contribution in [-0.2, 0) is 7.05 Å². The third-order valence-electron chi connectivity index (χ3n) is 5.18. The predicted molar refractivity (Wildman–Crippen MR) is 124 cm³/mol. The number of amidine groups is 1. The van der Waals surface area contributed by atoms with Gasteiger partial charge in [0.05, 0.1) is 17.8 Å². The molecule has 166 valence electrons. The normalized spacial score (nSPS) is 12.8. The maximum atomic E-state index is 12.7. The minimum Gasteiger partial charge on any atom is -0.493 e. The summed E-state index contributed by atoms with van der Waals surface area (Å²) in [4.78, 5) is 29.2. The molecule has 0 aliphatic carbocycles. The van der Waals surface area contributed by atoms with E-state index in [4.69, 9.17) is 9.72 Å². The Balaban J connectivity index is 1.57. The summed E-state index contributed by atoms with van der Waals surface area (Å²) >= 11 is 0. The number of rotatable bonds is 8. The van der Waals surface area contributed by atoms with E-state index in [2.05, 4.69) is 21.2 Å². The Hall–Kier alpha value is -3.88. The number of fused-ring (bicyclic) bond motifs is 1. The molecule has 3 heterocycles. The molecule has 2 aromatic heterocycles. The van der Waals surface area contributed by atoms with E-state index in [9.17, 15) is 9.59 Å². The van der Waals surface area contributed by atoms with Gasteiger partial charge in [-0.2, -0.15) is 5.10 Å². The van der Waals surface area contributed by atoms with Crippen molar-refractivity contribution in [1.82, 2.24) is 25.6 Å². The van der Waals surface area contributed by atoms with Gasteiger partial charge in [-0.05, 0) is 37.6 Å². The van der Waals surface area contributed by atoms with Gasteiger partial charge in [0.2, 0.25) is 5.56 Å². The van der Waals surface area contributed by atoms with Crippen molar-refractivity contribution < 1.29 is 9.53 Å². The van der Waals surface area contributed by atoms with E-state index in [0.29, 0.717) is 42.3 Å². The van der Waals surface area contributed by atoms with Gasteiger partial charge in [0.25, 0.3) is 5.91 Å². The lowest BCUT2D eigenvalue weighted by Gasteiger charge is -2.12. The van der Waals surface area contributed by atoms with Gasteiger partial charge < -0.3 is 19.9 Å². The predicted octanol–water partition coefficient (Wildman–Crippen LogP) is 1.97. The average molecular weight is 435 g/mol. The number of nitrogens with one attached hydrogen (secondary N) is 3. The van der Waals surface area contributed by atoms with Crippen LogP contribution in [0.15, 0.2) is 52.5 Å². The molecule has 3 aromatic rings. The number of ether oxygens (including phenoxy) is 1. The first-order valence-corrected chi connectivity index (χ1v) is 10.6. The van der Waals surface area contributed by atoms with E-state index in [1.165, 1.54) is 10.6 Å². The summed E-state index contributed by atoms with van der Waals surface area (Å²) in [6.45, 7) is 3.62. The second kappa shape index (κ2) is 9.51. The first kappa shape index (κ1) is 21.4. The summed E-state index contributed by atoms with van der Waals surface area (Å²) in [5, 5.41) is 11.0. The van der Waals surface area contributed by atoms with Crippen LogP contribution in [0, 0.1) is 0 Å². The second-order valence-electron chi connectivity index (χ2n) is 7.47. The largest absolute Gasteiger partial charge is 0.493 e. The van der Waals surface area contributed by atoms with Crippen LogP contribution in [0.5, 0.6) is 5.75 Å². The highest BCUT2D eigenvalue weighted by Gasteiger charge is 2.13. The molecular weight excluding hydrogens is 408 g/mol. The summed E-state index contributed by atoms with van der Waals surface area (Å²) < 4.78 is 7.34. The highest BCUT2D eigenvalue weighted by atomic mass is 16.5. The van der Waals surface area contributed by atoms with Gasteiger partial charge >= 0.3 is 0 Å². The van der Waals surface area contributed by atoms with Crippen LogP contribution < -0.4 is 26.4 Å². The summed E-state index contributed by atoms with van der Waals surface area (Å²) in [7, 11) is 1.70. The zero-order valence-corrected chi connectivity index (χ0v) is 18.1. The summed E-state index contributed by atoms with van der Waals surface area (Å²) in [5.41, 5.74) is 5.42. The minimum absolute atomic E-state index is 0.0921. The highest BCUT2D eigenvalue weighted by Crippen LogP contribution is 2.30. The van der Waals surface area contributed by atoms with Gasteiger partial charge in [0.15, 0.2) is 0 Å². The van der Waals surface area contributed by atoms with Gasteiger partial charge in [0, 0.05) is 54.9 Å². The molecule has 1 aliphatic rings. The molecule has 1 aliphatic heterocycles. The fourth-order valence-corrected chi connectivity index (χ4v) is 3.53. The van der Waals surface area contributed by atoms with Crippen LogP contribution in [0.4, 0.5) is 0 Å². The molecule has 0 bridgehead atoms. The third kappa shape index (κ3) is 4.72. The number of hydrogen-bond donors (Lipinski definition) is 3. The van der Waals surface area contributed by atoms with Crippen molar-refractivity contribution in [1.29, 1.82) is 0 Å². The van der Waals surface area contributed by atoms with Crippen LogP contribution in [0.25, 0.3) is 22.2 Å². The van der Waals surface area contributed by atoms with E-state index in [-0.39, 0.29) is 11.5 Å². The van der Waals surface area contributed by atoms with Crippen LogP contribution in [0.3, 0.4) is 0 Å². The Morgan fingerprint density at radius 2 is 2.12 bits per heavy atom. The lowest BCUT2D eigenvalue weighted by molar-refractivity contribution is 0.0953. The molecular formula is C23H26N6O3. The van der Waals surface area contributed by atoms with Crippen molar-refractivity contribution in [3.05, 3.63) is 58.5 Å². The Bertz CT molecular complexity index is 1230. The molecule has 0 atom stereocenters. The van der Waals surface area contributed by atoms with Gasteiger partial charge in [0.1, 0.15) is 18.3 Å². The van der Waals surface area contributed by atoms with Crippen molar-refractivity contribution in [3.63, 3.8) is 0 Å². The Kier molecular flexibility index (Phi) is 6.34. The molecule has 1 amide bonds. The van der Waals surface area contributed by atoms with Gasteiger partial charge in [-0.1, -0.05) is 0 Å². The maximum Gasteiger partial charge on any atom is 0.251 e. The number of nitrogens with zero attached hydrogens (tertiary/aromatic N) is 3. The summed E-state index contributed by atoms with van der Waals surface area (Å²) in [5.74, 6) is 1.44. The van der Waals surface area contributed by atoms with Crippen LogP contribution in [-0.4, -0.2) is 41.1 Å². The number of hydrogen-bond acceptors (Lipinski definition) is 7. The quantitative estimate of drug-likeness (QED) is 0.468. The number of benzene rings is 1. The fraction of sp³-hybridized carbons (Fsp3) is 0.304. The van der Waals surface area contributed by atoms with Crippen LogP contribution in [0.2, 0.25) is 0 Å². The SMILES string of the molecule is CCOc1cc(-c2ccc(=O)n(C)c2)nc2cc(C(=O)NCCCC3=NNCN3)ccc12. The van der Waals surface area contributed by atoms with Gasteiger partial charge in [-0.15, -0.1) is 0 Å². The highest BCUT2D eigenvalue weighted by molar-refractivity contribution is 5.99. The van der Waals surface area contributed by atoms with Crippen molar-refractivity contribution >= 4 is 22.6 Å². The first-order chi connectivity index (χ1) is 15.5. The van der Waals surface area contributed by atoms with Gasteiger partial charge in [-0.3, -0.25) is 15.0 Å². The van der Waals surface area contributed by atoms with Crippen LogP contribution >= 0.6 is 0 Å². The van der Waals surface area contributed by atoms with Crippen LogP contribution in [0.1, 0.15) is 30.1 Å². The van der Waals surface area contributed by atoms with E-state index >= 15 is 0 Å². The topological polar surface area (TPSA) is 110 Å². The van der Waals surface area contributed by atoms with Crippen molar-refractivity contribution in [3.8, 4) is 17.0 Å². The Morgan fingerprint density at radius 3 is 2.88 bits per heavy atom. The summed E-state index contributed by atoms with van der Waals surface area (Å²) in [6, 6.07) is 10.5. The molecule has 0 radical (unpaired) electrons. The molecule has 32 heavy (non-hydrogen) atoms. The van der Waals surface area contributed by atoms with E-state index in [0.717, 1.165) is 29.6 Å². The number of carbonyl (C=O) groups excluding carboxylic acids is 1. The molecule has 1 aromatic carbocycles. The Morgan fingerprint density at radius 1 is 1.25 bits per heavy atom.